The smallest absolute Gasteiger partial charge is 0.00136 e. The van der Waals surface area contributed by atoms with Crippen molar-refractivity contribution in [3.8, 4) is 0 Å². The van der Waals surface area contributed by atoms with Gasteiger partial charge in [0.2, 0.25) is 0 Å². The van der Waals surface area contributed by atoms with E-state index in [0.29, 0.717) is 12.0 Å². The molecule has 1 rings (SSSR count). The molecule has 0 aliphatic rings. The highest BCUT2D eigenvalue weighted by atomic mass is 14.6. The first-order chi connectivity index (χ1) is 7.00. The van der Waals surface area contributed by atoms with Gasteiger partial charge in [0.1, 0.15) is 0 Å². The van der Waals surface area contributed by atoms with Gasteiger partial charge in [0.05, 0.1) is 0 Å². The van der Waals surface area contributed by atoms with Gasteiger partial charge < -0.3 is 5.73 Å². The predicted molar refractivity (Wildman–Crippen MR) is 67.2 cm³/mol. The maximum Gasteiger partial charge on any atom is 0.00136 e. The second kappa shape index (κ2) is 5.32. The molecule has 1 unspecified atom stereocenters. The molecule has 1 aromatic rings. The van der Waals surface area contributed by atoms with Crippen molar-refractivity contribution in [3.05, 3.63) is 34.9 Å². The van der Waals surface area contributed by atoms with Gasteiger partial charge in [-0.3, -0.25) is 0 Å². The lowest BCUT2D eigenvalue weighted by Gasteiger charge is -2.12. The minimum Gasteiger partial charge on any atom is -0.328 e. The van der Waals surface area contributed by atoms with Crippen LogP contribution < -0.4 is 5.73 Å². The van der Waals surface area contributed by atoms with Crippen molar-refractivity contribution in [1.82, 2.24) is 0 Å². The van der Waals surface area contributed by atoms with E-state index < -0.39 is 0 Å². The molecular weight excluding hydrogens is 182 g/mol. The molecule has 0 bridgehead atoms. The van der Waals surface area contributed by atoms with E-state index >= 15 is 0 Å². The summed E-state index contributed by atoms with van der Waals surface area (Å²) in [7, 11) is 0. The Labute approximate surface area is 93.7 Å². The Kier molecular flexibility index (Phi) is 4.34. The third-order valence-corrected chi connectivity index (χ3v) is 2.91. The minimum absolute atomic E-state index is 0.298. The van der Waals surface area contributed by atoms with Crippen LogP contribution in [0.15, 0.2) is 18.2 Å². The minimum atomic E-state index is 0.298. The van der Waals surface area contributed by atoms with E-state index in [1.165, 1.54) is 16.7 Å². The monoisotopic (exact) mass is 205 g/mol. The fourth-order valence-electron chi connectivity index (χ4n) is 1.70. The molecule has 0 aromatic heterocycles. The SMILES string of the molecule is Cc1ccc(C(C)C)cc1CCC(C)N. The van der Waals surface area contributed by atoms with Gasteiger partial charge in [0.25, 0.3) is 0 Å². The van der Waals surface area contributed by atoms with Gasteiger partial charge in [-0.25, -0.2) is 0 Å². The zero-order chi connectivity index (χ0) is 11.4. The van der Waals surface area contributed by atoms with Gasteiger partial charge >= 0.3 is 0 Å². The summed E-state index contributed by atoms with van der Waals surface area (Å²) in [6.07, 6.45) is 2.17. The molecule has 0 saturated heterocycles. The molecule has 0 heterocycles. The molecule has 0 spiro atoms. The van der Waals surface area contributed by atoms with Crippen LogP contribution in [-0.4, -0.2) is 6.04 Å². The average molecular weight is 205 g/mol. The Morgan fingerprint density at radius 3 is 2.40 bits per heavy atom. The number of nitrogens with two attached hydrogens (primary N) is 1. The molecule has 15 heavy (non-hydrogen) atoms. The van der Waals surface area contributed by atoms with Crippen LogP contribution in [0.5, 0.6) is 0 Å². The van der Waals surface area contributed by atoms with Crippen molar-refractivity contribution in [2.45, 2.75) is 52.5 Å². The van der Waals surface area contributed by atoms with Crippen molar-refractivity contribution >= 4 is 0 Å². The number of hydrogen-bond donors (Lipinski definition) is 1. The summed E-state index contributed by atoms with van der Waals surface area (Å²) >= 11 is 0. The Morgan fingerprint density at radius 1 is 1.20 bits per heavy atom. The van der Waals surface area contributed by atoms with E-state index in [-0.39, 0.29) is 0 Å². The van der Waals surface area contributed by atoms with Crippen LogP contribution >= 0.6 is 0 Å². The lowest BCUT2D eigenvalue weighted by molar-refractivity contribution is 0.663. The second-order valence-electron chi connectivity index (χ2n) is 4.86. The molecule has 0 aliphatic carbocycles. The molecule has 1 heteroatoms. The van der Waals surface area contributed by atoms with Crippen LogP contribution in [0.4, 0.5) is 0 Å². The van der Waals surface area contributed by atoms with Crippen LogP contribution in [0, 0.1) is 6.92 Å². The predicted octanol–water partition coefficient (Wildman–Crippen LogP) is 3.40. The van der Waals surface area contributed by atoms with Crippen LogP contribution in [0.1, 0.15) is 49.8 Å². The fraction of sp³-hybridized carbons (Fsp3) is 0.571. The third kappa shape index (κ3) is 3.67. The quantitative estimate of drug-likeness (QED) is 0.801. The molecule has 1 aromatic carbocycles. The summed E-state index contributed by atoms with van der Waals surface area (Å²) in [5, 5.41) is 0. The summed E-state index contributed by atoms with van der Waals surface area (Å²) in [4.78, 5) is 0. The first-order valence-electron chi connectivity index (χ1n) is 5.85. The Hall–Kier alpha value is -0.820. The van der Waals surface area contributed by atoms with E-state index in [0.717, 1.165) is 12.8 Å². The molecule has 84 valence electrons. The van der Waals surface area contributed by atoms with Gasteiger partial charge in [0, 0.05) is 6.04 Å². The lowest BCUT2D eigenvalue weighted by Crippen LogP contribution is -2.15. The highest BCUT2D eigenvalue weighted by molar-refractivity contribution is 5.32. The summed E-state index contributed by atoms with van der Waals surface area (Å²) in [5.74, 6) is 0.611. The highest BCUT2D eigenvalue weighted by Gasteiger charge is 2.04. The van der Waals surface area contributed by atoms with Gasteiger partial charge in [-0.05, 0) is 49.3 Å². The Balaban J connectivity index is 2.81. The van der Waals surface area contributed by atoms with Gasteiger partial charge in [0.15, 0.2) is 0 Å². The van der Waals surface area contributed by atoms with Crippen molar-refractivity contribution in [2.75, 3.05) is 0 Å². The maximum atomic E-state index is 5.79. The Morgan fingerprint density at radius 2 is 1.87 bits per heavy atom. The largest absolute Gasteiger partial charge is 0.328 e. The topological polar surface area (TPSA) is 26.0 Å². The van der Waals surface area contributed by atoms with E-state index in [4.69, 9.17) is 5.73 Å². The van der Waals surface area contributed by atoms with Crippen molar-refractivity contribution in [1.29, 1.82) is 0 Å². The maximum absolute atomic E-state index is 5.79. The van der Waals surface area contributed by atoms with E-state index in [1.54, 1.807) is 0 Å². The van der Waals surface area contributed by atoms with Crippen LogP contribution in [-0.2, 0) is 6.42 Å². The van der Waals surface area contributed by atoms with Crippen LogP contribution in [0.2, 0.25) is 0 Å². The van der Waals surface area contributed by atoms with Crippen molar-refractivity contribution < 1.29 is 0 Å². The molecule has 1 atom stereocenters. The molecule has 2 N–H and O–H groups in total. The van der Waals surface area contributed by atoms with Gasteiger partial charge in [-0.15, -0.1) is 0 Å². The Bertz CT molecular complexity index is 313. The highest BCUT2D eigenvalue weighted by Crippen LogP contribution is 2.19. The summed E-state index contributed by atoms with van der Waals surface area (Å²) in [6.45, 7) is 8.72. The molecule has 0 fully saturated rings. The van der Waals surface area contributed by atoms with E-state index in [9.17, 15) is 0 Å². The number of rotatable bonds is 4. The van der Waals surface area contributed by atoms with Gasteiger partial charge in [-0.2, -0.15) is 0 Å². The van der Waals surface area contributed by atoms with Gasteiger partial charge in [-0.1, -0.05) is 32.0 Å². The zero-order valence-electron chi connectivity index (χ0n) is 10.4. The number of hydrogen-bond acceptors (Lipinski definition) is 1. The molecule has 0 radical (unpaired) electrons. The van der Waals surface area contributed by atoms with E-state index in [1.807, 2.05) is 0 Å². The van der Waals surface area contributed by atoms with E-state index in [2.05, 4.69) is 45.9 Å². The van der Waals surface area contributed by atoms with Crippen LogP contribution in [0.25, 0.3) is 0 Å². The normalized spacial score (nSPS) is 13.2. The average Bonchev–Trinajstić information content (AvgIpc) is 2.16. The summed E-state index contributed by atoms with van der Waals surface area (Å²) in [6, 6.07) is 7.09. The number of aryl methyl sites for hydroxylation is 2. The lowest BCUT2D eigenvalue weighted by atomic mass is 9.95. The fourth-order valence-corrected chi connectivity index (χ4v) is 1.70. The summed E-state index contributed by atoms with van der Waals surface area (Å²) in [5.41, 5.74) is 10.1. The standard InChI is InChI=1S/C14H23N/c1-10(2)13-7-5-11(3)14(9-13)8-6-12(4)15/h5,7,9-10,12H,6,8,15H2,1-4H3. The number of benzene rings is 1. The summed E-state index contributed by atoms with van der Waals surface area (Å²) < 4.78 is 0. The second-order valence-corrected chi connectivity index (χ2v) is 4.86. The first-order valence-corrected chi connectivity index (χ1v) is 5.85. The third-order valence-electron chi connectivity index (χ3n) is 2.91. The molecular formula is C14H23N. The first kappa shape index (κ1) is 12.3. The van der Waals surface area contributed by atoms with Crippen molar-refractivity contribution in [3.63, 3.8) is 0 Å². The molecule has 0 saturated carbocycles. The molecule has 1 nitrogen and oxygen atoms in total. The molecule has 0 amide bonds. The zero-order valence-corrected chi connectivity index (χ0v) is 10.4. The van der Waals surface area contributed by atoms with Crippen molar-refractivity contribution in [2.24, 2.45) is 5.73 Å². The van der Waals surface area contributed by atoms with Crippen LogP contribution in [0.3, 0.4) is 0 Å². The molecule has 0 aliphatic heterocycles.